The van der Waals surface area contributed by atoms with Crippen LogP contribution in [0.4, 0.5) is 19.1 Å². The highest BCUT2D eigenvalue weighted by Gasteiger charge is 2.31. The number of rotatable bonds is 3. The number of nitrogens with one attached hydrogen (secondary N) is 1. The summed E-state index contributed by atoms with van der Waals surface area (Å²) >= 11 is 0. The molecule has 108 valence electrons. The third-order valence-corrected chi connectivity index (χ3v) is 2.81. The number of hydrogen-bond acceptors (Lipinski definition) is 3. The van der Waals surface area contributed by atoms with E-state index in [4.69, 9.17) is 5.73 Å². The highest BCUT2D eigenvalue weighted by atomic mass is 19.4. The molecular weight excluding hydrogens is 273 g/mol. The molecule has 0 saturated heterocycles. The number of halogens is 3. The first-order valence-corrected chi connectivity index (χ1v) is 5.86. The predicted molar refractivity (Wildman–Crippen MR) is 67.8 cm³/mol. The number of benzene rings is 1. The second kappa shape index (κ2) is 5.03. The Hall–Kier alpha value is -2.25. The van der Waals surface area contributed by atoms with Crippen LogP contribution < -0.4 is 11.1 Å². The topological polar surface area (TPSA) is 72.9 Å². The zero-order valence-corrected chi connectivity index (χ0v) is 10.7. The van der Waals surface area contributed by atoms with Gasteiger partial charge in [-0.2, -0.15) is 13.2 Å². The number of nitrogen functional groups attached to an aromatic ring is 1. The number of imidazole rings is 1. The fourth-order valence-corrected chi connectivity index (χ4v) is 1.90. The van der Waals surface area contributed by atoms with E-state index in [0.717, 1.165) is 12.1 Å². The number of nitrogens with zero attached hydrogens (tertiary/aromatic N) is 2. The summed E-state index contributed by atoms with van der Waals surface area (Å²) < 4.78 is 39.4. The number of hydrogen-bond donors (Lipinski definition) is 2. The molecule has 20 heavy (non-hydrogen) atoms. The standard InChI is InChI=1S/C12H13F3N4O/c1-7(20)17-4-5-19-10-3-2-8(12(13,14)15)6-9(10)18-11(19)16/h2-3,6H,4-5H2,1H3,(H2,16,18)(H,17,20). The Morgan fingerprint density at radius 2 is 2.15 bits per heavy atom. The lowest BCUT2D eigenvalue weighted by Crippen LogP contribution is -2.24. The summed E-state index contributed by atoms with van der Waals surface area (Å²) in [7, 11) is 0. The first-order valence-electron chi connectivity index (χ1n) is 5.86. The Morgan fingerprint density at radius 1 is 1.45 bits per heavy atom. The lowest BCUT2D eigenvalue weighted by atomic mass is 10.2. The monoisotopic (exact) mass is 286 g/mol. The molecule has 0 radical (unpaired) electrons. The Labute approximate surface area is 112 Å². The summed E-state index contributed by atoms with van der Waals surface area (Å²) in [5, 5.41) is 2.59. The summed E-state index contributed by atoms with van der Waals surface area (Å²) in [6, 6.07) is 3.27. The maximum absolute atomic E-state index is 12.6. The van der Waals surface area contributed by atoms with Crippen molar-refractivity contribution >= 4 is 22.9 Å². The van der Waals surface area contributed by atoms with E-state index in [1.807, 2.05) is 0 Å². The number of anilines is 1. The zero-order valence-electron chi connectivity index (χ0n) is 10.7. The van der Waals surface area contributed by atoms with E-state index in [-0.39, 0.29) is 17.4 Å². The number of aromatic nitrogens is 2. The van der Waals surface area contributed by atoms with E-state index in [0.29, 0.717) is 18.6 Å². The first-order chi connectivity index (χ1) is 9.29. The van der Waals surface area contributed by atoms with Crippen LogP contribution in [0.3, 0.4) is 0 Å². The molecule has 0 atom stereocenters. The van der Waals surface area contributed by atoms with Crippen LogP contribution in [-0.2, 0) is 17.5 Å². The van der Waals surface area contributed by atoms with Crippen LogP contribution in [-0.4, -0.2) is 22.0 Å². The summed E-state index contributed by atoms with van der Waals surface area (Å²) in [5.41, 5.74) is 5.60. The lowest BCUT2D eigenvalue weighted by Gasteiger charge is -2.08. The number of nitrogens with two attached hydrogens (primary N) is 1. The average molecular weight is 286 g/mol. The van der Waals surface area contributed by atoms with Crippen molar-refractivity contribution in [1.29, 1.82) is 0 Å². The SMILES string of the molecule is CC(=O)NCCn1c(N)nc2cc(C(F)(F)F)ccc21. The predicted octanol–water partition coefficient (Wildman–Crippen LogP) is 1.77. The van der Waals surface area contributed by atoms with Crippen molar-refractivity contribution in [3.63, 3.8) is 0 Å². The number of alkyl halides is 3. The van der Waals surface area contributed by atoms with Crippen molar-refractivity contribution in [1.82, 2.24) is 14.9 Å². The number of amides is 1. The van der Waals surface area contributed by atoms with Gasteiger partial charge >= 0.3 is 6.18 Å². The molecule has 3 N–H and O–H groups in total. The average Bonchev–Trinajstić information content (AvgIpc) is 2.63. The molecule has 1 aromatic heterocycles. The molecule has 0 saturated carbocycles. The Morgan fingerprint density at radius 3 is 2.75 bits per heavy atom. The minimum atomic E-state index is -4.41. The second-order valence-electron chi connectivity index (χ2n) is 4.31. The molecule has 0 aliphatic rings. The van der Waals surface area contributed by atoms with Gasteiger partial charge < -0.3 is 15.6 Å². The maximum atomic E-state index is 12.6. The molecule has 0 spiro atoms. The van der Waals surface area contributed by atoms with Gasteiger partial charge in [0, 0.05) is 20.0 Å². The fraction of sp³-hybridized carbons (Fsp3) is 0.333. The van der Waals surface area contributed by atoms with Gasteiger partial charge in [0.2, 0.25) is 11.9 Å². The molecule has 5 nitrogen and oxygen atoms in total. The highest BCUT2D eigenvalue weighted by Crippen LogP contribution is 2.31. The number of carbonyl (C=O) groups is 1. The van der Waals surface area contributed by atoms with Crippen molar-refractivity contribution in [2.24, 2.45) is 0 Å². The van der Waals surface area contributed by atoms with Gasteiger partial charge in [-0.3, -0.25) is 4.79 Å². The first kappa shape index (κ1) is 14.2. The van der Waals surface area contributed by atoms with Crippen molar-refractivity contribution in [3.8, 4) is 0 Å². The van der Waals surface area contributed by atoms with Crippen LogP contribution in [0.5, 0.6) is 0 Å². The number of carbonyl (C=O) groups excluding carboxylic acids is 1. The third kappa shape index (κ3) is 2.84. The van der Waals surface area contributed by atoms with E-state index in [1.54, 1.807) is 4.57 Å². The maximum Gasteiger partial charge on any atom is 0.416 e. The van der Waals surface area contributed by atoms with Crippen LogP contribution in [0, 0.1) is 0 Å². The van der Waals surface area contributed by atoms with Crippen molar-refractivity contribution in [2.45, 2.75) is 19.6 Å². The molecule has 0 fully saturated rings. The molecule has 2 aromatic rings. The van der Waals surface area contributed by atoms with E-state index in [1.165, 1.54) is 13.0 Å². The van der Waals surface area contributed by atoms with E-state index in [9.17, 15) is 18.0 Å². The minimum absolute atomic E-state index is 0.115. The Kier molecular flexibility index (Phi) is 3.56. The van der Waals surface area contributed by atoms with Gasteiger partial charge in [-0.15, -0.1) is 0 Å². The van der Waals surface area contributed by atoms with Gasteiger partial charge in [-0.05, 0) is 18.2 Å². The lowest BCUT2D eigenvalue weighted by molar-refractivity contribution is -0.137. The molecule has 0 aliphatic heterocycles. The van der Waals surface area contributed by atoms with Crippen LogP contribution >= 0.6 is 0 Å². The minimum Gasteiger partial charge on any atom is -0.369 e. The third-order valence-electron chi connectivity index (χ3n) is 2.81. The molecule has 8 heteroatoms. The second-order valence-corrected chi connectivity index (χ2v) is 4.31. The van der Waals surface area contributed by atoms with Crippen molar-refractivity contribution < 1.29 is 18.0 Å². The van der Waals surface area contributed by atoms with Crippen molar-refractivity contribution in [2.75, 3.05) is 12.3 Å². The van der Waals surface area contributed by atoms with E-state index in [2.05, 4.69) is 10.3 Å². The molecular formula is C12H13F3N4O. The van der Waals surface area contributed by atoms with Gasteiger partial charge in [0.25, 0.3) is 0 Å². The molecule has 0 bridgehead atoms. The quantitative estimate of drug-likeness (QED) is 0.903. The van der Waals surface area contributed by atoms with Crippen LogP contribution in [0.15, 0.2) is 18.2 Å². The van der Waals surface area contributed by atoms with E-state index >= 15 is 0 Å². The summed E-state index contributed by atoms with van der Waals surface area (Å²) in [5.74, 6) is -0.0722. The van der Waals surface area contributed by atoms with Crippen LogP contribution in [0.25, 0.3) is 11.0 Å². The van der Waals surface area contributed by atoms with Crippen LogP contribution in [0.2, 0.25) is 0 Å². The van der Waals surface area contributed by atoms with E-state index < -0.39 is 11.7 Å². The highest BCUT2D eigenvalue weighted by molar-refractivity contribution is 5.79. The fourth-order valence-electron chi connectivity index (χ4n) is 1.90. The zero-order chi connectivity index (χ0) is 14.9. The van der Waals surface area contributed by atoms with Gasteiger partial charge in [0.05, 0.1) is 16.6 Å². The normalized spacial score (nSPS) is 11.8. The summed E-state index contributed by atoms with van der Waals surface area (Å²) in [6.07, 6.45) is -4.41. The van der Waals surface area contributed by atoms with Gasteiger partial charge in [0.15, 0.2) is 0 Å². The van der Waals surface area contributed by atoms with Gasteiger partial charge in [0.1, 0.15) is 0 Å². The molecule has 2 rings (SSSR count). The molecule has 1 heterocycles. The van der Waals surface area contributed by atoms with Crippen molar-refractivity contribution in [3.05, 3.63) is 23.8 Å². The molecule has 0 aliphatic carbocycles. The van der Waals surface area contributed by atoms with Crippen LogP contribution in [0.1, 0.15) is 12.5 Å². The molecule has 0 unspecified atom stereocenters. The molecule has 1 aromatic carbocycles. The smallest absolute Gasteiger partial charge is 0.369 e. The Bertz CT molecular complexity index is 648. The van der Waals surface area contributed by atoms with Gasteiger partial charge in [-0.1, -0.05) is 0 Å². The van der Waals surface area contributed by atoms with Gasteiger partial charge in [-0.25, -0.2) is 4.98 Å². The summed E-state index contributed by atoms with van der Waals surface area (Å²) in [4.78, 5) is 14.7. The summed E-state index contributed by atoms with van der Waals surface area (Å²) in [6.45, 7) is 2.05. The Balaban J connectivity index is 2.32. The number of fused-ring (bicyclic) bond motifs is 1. The molecule has 1 amide bonds. The largest absolute Gasteiger partial charge is 0.416 e.